The lowest BCUT2D eigenvalue weighted by Gasteiger charge is -1.96. The van der Waals surface area contributed by atoms with Gasteiger partial charge >= 0.3 is 17.9 Å². The van der Waals surface area contributed by atoms with E-state index in [1.165, 1.54) is 0 Å². The molecular weight excluding hydrogens is 324 g/mol. The third kappa shape index (κ3) is 59.2. The van der Waals surface area contributed by atoms with Crippen molar-refractivity contribution in [3.05, 3.63) is 0 Å². The van der Waals surface area contributed by atoms with E-state index < -0.39 is 24.0 Å². The summed E-state index contributed by atoms with van der Waals surface area (Å²) in [7, 11) is 0. The molecular formula is C15H32O9. The van der Waals surface area contributed by atoms with Crippen LogP contribution >= 0.6 is 0 Å². The largest absolute Gasteiger partial charge is 0.481 e. The molecule has 146 valence electrons. The van der Waals surface area contributed by atoms with Crippen LogP contribution < -0.4 is 0 Å². The van der Waals surface area contributed by atoms with Gasteiger partial charge in [0.15, 0.2) is 0 Å². The van der Waals surface area contributed by atoms with Crippen molar-refractivity contribution >= 4 is 17.9 Å². The van der Waals surface area contributed by atoms with E-state index >= 15 is 0 Å². The minimum atomic E-state index is -0.954. The number of carboxylic acids is 3. The number of aliphatic hydroxyl groups excluding tert-OH is 3. The molecule has 24 heavy (non-hydrogen) atoms. The van der Waals surface area contributed by atoms with Crippen LogP contribution in [0.25, 0.3) is 0 Å². The van der Waals surface area contributed by atoms with Gasteiger partial charge in [0, 0.05) is 19.3 Å². The second kappa shape index (κ2) is 26.2. The third-order valence-electron chi connectivity index (χ3n) is 2.02. The van der Waals surface area contributed by atoms with Crippen molar-refractivity contribution in [1.82, 2.24) is 0 Å². The molecule has 0 fully saturated rings. The van der Waals surface area contributed by atoms with E-state index in [1.54, 1.807) is 13.8 Å². The SMILES string of the molecule is CCC(=O)O.CCC(=O)O.CCCCCC(=O)O.OCC(O)CO. The van der Waals surface area contributed by atoms with Crippen molar-refractivity contribution in [1.29, 1.82) is 0 Å². The summed E-state index contributed by atoms with van der Waals surface area (Å²) in [5, 5.41) is 47.6. The summed E-state index contributed by atoms with van der Waals surface area (Å²) in [4.78, 5) is 28.6. The fourth-order valence-corrected chi connectivity index (χ4v) is 0.584. The predicted octanol–water partition coefficient (Wildman–Crippen LogP) is 0.945. The Morgan fingerprint density at radius 1 is 0.750 bits per heavy atom. The van der Waals surface area contributed by atoms with Gasteiger partial charge in [0.1, 0.15) is 6.10 Å². The number of aliphatic carboxylic acids is 3. The highest BCUT2D eigenvalue weighted by Crippen LogP contribution is 1.97. The Morgan fingerprint density at radius 2 is 1.08 bits per heavy atom. The maximum Gasteiger partial charge on any atom is 0.303 e. The molecule has 0 saturated carbocycles. The van der Waals surface area contributed by atoms with Crippen molar-refractivity contribution < 1.29 is 45.0 Å². The molecule has 6 N–H and O–H groups in total. The zero-order chi connectivity index (χ0) is 20.0. The molecule has 0 atom stereocenters. The second-order valence-electron chi connectivity index (χ2n) is 4.36. The summed E-state index contributed by atoms with van der Waals surface area (Å²) in [5.41, 5.74) is 0. The molecule has 0 radical (unpaired) electrons. The third-order valence-corrected chi connectivity index (χ3v) is 2.02. The minimum Gasteiger partial charge on any atom is -0.481 e. The van der Waals surface area contributed by atoms with Gasteiger partial charge < -0.3 is 30.6 Å². The first kappa shape index (κ1) is 30.2. The summed E-state index contributed by atoms with van der Waals surface area (Å²) < 4.78 is 0. The molecule has 0 aromatic heterocycles. The molecule has 0 bridgehead atoms. The molecule has 0 aliphatic carbocycles. The molecule has 0 aromatic rings. The van der Waals surface area contributed by atoms with Crippen LogP contribution in [0.3, 0.4) is 0 Å². The Labute approximate surface area is 142 Å². The quantitative estimate of drug-likeness (QED) is 0.346. The number of hydrogen-bond acceptors (Lipinski definition) is 6. The lowest BCUT2D eigenvalue weighted by molar-refractivity contribution is -0.138. The van der Waals surface area contributed by atoms with Crippen molar-refractivity contribution in [3.8, 4) is 0 Å². The average Bonchev–Trinajstić information content (AvgIpc) is 2.55. The van der Waals surface area contributed by atoms with E-state index in [2.05, 4.69) is 6.92 Å². The van der Waals surface area contributed by atoms with Gasteiger partial charge in [0.25, 0.3) is 0 Å². The predicted molar refractivity (Wildman–Crippen MR) is 87.8 cm³/mol. The number of carbonyl (C=O) groups is 3. The van der Waals surface area contributed by atoms with E-state index in [4.69, 9.17) is 30.6 Å². The number of aliphatic hydroxyl groups is 3. The molecule has 0 heterocycles. The Bertz CT molecular complexity index is 275. The van der Waals surface area contributed by atoms with E-state index in [0.717, 1.165) is 19.3 Å². The maximum atomic E-state index is 9.87. The van der Waals surface area contributed by atoms with Crippen LogP contribution in [0.4, 0.5) is 0 Å². The van der Waals surface area contributed by atoms with Crippen molar-refractivity contribution in [2.75, 3.05) is 13.2 Å². The number of hydrogen-bond donors (Lipinski definition) is 6. The second-order valence-corrected chi connectivity index (χ2v) is 4.36. The molecule has 0 aromatic carbocycles. The van der Waals surface area contributed by atoms with Crippen LogP contribution in [0.5, 0.6) is 0 Å². The first-order valence-electron chi connectivity index (χ1n) is 7.67. The van der Waals surface area contributed by atoms with E-state index in [-0.39, 0.29) is 26.1 Å². The molecule has 0 aliphatic heterocycles. The normalized spacial score (nSPS) is 8.62. The molecule has 9 nitrogen and oxygen atoms in total. The topological polar surface area (TPSA) is 173 Å². The zero-order valence-electron chi connectivity index (χ0n) is 14.6. The van der Waals surface area contributed by atoms with Gasteiger partial charge in [-0.25, -0.2) is 0 Å². The first-order chi connectivity index (χ1) is 11.1. The Kier molecular flexibility index (Phi) is 33.0. The number of unbranched alkanes of at least 4 members (excludes halogenated alkanes) is 2. The van der Waals surface area contributed by atoms with Crippen LogP contribution in [0.2, 0.25) is 0 Å². The monoisotopic (exact) mass is 356 g/mol. The lowest BCUT2D eigenvalue weighted by Crippen LogP contribution is -2.15. The van der Waals surface area contributed by atoms with Crippen LogP contribution in [0.1, 0.15) is 59.3 Å². The summed E-state index contributed by atoms with van der Waals surface area (Å²) >= 11 is 0. The van der Waals surface area contributed by atoms with Gasteiger partial charge in [-0.2, -0.15) is 0 Å². The number of rotatable bonds is 8. The Hall–Kier alpha value is -1.71. The molecule has 0 unspecified atom stereocenters. The number of carboxylic acid groups (broad SMARTS) is 3. The van der Waals surface area contributed by atoms with Crippen LogP contribution in [0, 0.1) is 0 Å². The van der Waals surface area contributed by atoms with Gasteiger partial charge in [-0.1, -0.05) is 33.6 Å². The minimum absolute atomic E-state index is 0.222. The Morgan fingerprint density at radius 3 is 1.21 bits per heavy atom. The lowest BCUT2D eigenvalue weighted by atomic mass is 10.2. The van der Waals surface area contributed by atoms with Crippen LogP contribution in [-0.4, -0.2) is 67.9 Å². The molecule has 9 heteroatoms. The highest BCUT2D eigenvalue weighted by molar-refractivity contribution is 5.66. The van der Waals surface area contributed by atoms with Gasteiger partial charge in [0.05, 0.1) is 13.2 Å². The molecule has 0 rings (SSSR count). The summed E-state index contributed by atoms with van der Waals surface area (Å²) in [5.74, 6) is -2.17. The average molecular weight is 356 g/mol. The molecule has 0 saturated heterocycles. The van der Waals surface area contributed by atoms with Crippen molar-refractivity contribution in [2.24, 2.45) is 0 Å². The maximum absolute atomic E-state index is 9.87. The van der Waals surface area contributed by atoms with Crippen LogP contribution in [-0.2, 0) is 14.4 Å². The van der Waals surface area contributed by atoms with Gasteiger partial charge in [-0.15, -0.1) is 0 Å². The highest BCUT2D eigenvalue weighted by Gasteiger charge is 1.94. The molecule has 0 spiro atoms. The molecule has 0 amide bonds. The van der Waals surface area contributed by atoms with Crippen LogP contribution in [0.15, 0.2) is 0 Å². The summed E-state index contributed by atoms with van der Waals surface area (Å²) in [6, 6.07) is 0. The highest BCUT2D eigenvalue weighted by atomic mass is 16.4. The fraction of sp³-hybridized carbons (Fsp3) is 0.800. The van der Waals surface area contributed by atoms with E-state index in [1.807, 2.05) is 0 Å². The van der Waals surface area contributed by atoms with Crippen molar-refractivity contribution in [3.63, 3.8) is 0 Å². The van der Waals surface area contributed by atoms with E-state index in [0.29, 0.717) is 6.42 Å². The van der Waals surface area contributed by atoms with Gasteiger partial charge in [0.2, 0.25) is 0 Å². The Balaban J connectivity index is -0.000000114. The molecule has 0 aliphatic rings. The zero-order valence-corrected chi connectivity index (χ0v) is 14.6. The van der Waals surface area contributed by atoms with Gasteiger partial charge in [-0.3, -0.25) is 14.4 Å². The standard InChI is InChI=1S/C6H12O2.C3H8O3.2C3H6O2/c1-2-3-4-5-6(7)8;4-1-3(6)2-5;2*1-2-3(4)5/h2-5H2,1H3,(H,7,8);3-6H,1-2H2;2*2H2,1H3,(H,4,5). The summed E-state index contributed by atoms with van der Waals surface area (Å²) in [6.45, 7) is 4.53. The smallest absolute Gasteiger partial charge is 0.303 e. The van der Waals surface area contributed by atoms with Gasteiger partial charge in [-0.05, 0) is 6.42 Å². The van der Waals surface area contributed by atoms with Crippen molar-refractivity contribution in [2.45, 2.75) is 65.4 Å². The van der Waals surface area contributed by atoms with E-state index in [9.17, 15) is 14.4 Å². The summed E-state index contributed by atoms with van der Waals surface area (Å²) in [6.07, 6.45) is 2.77. The fourth-order valence-electron chi connectivity index (χ4n) is 0.584. The first-order valence-corrected chi connectivity index (χ1v) is 7.67.